The number of benzene rings is 1. The molecule has 3 rings (SSSR count). The minimum Gasteiger partial charge on any atom is -0.999 e. The van der Waals surface area contributed by atoms with E-state index in [-0.39, 0.29) is 22.9 Å². The third-order valence-corrected chi connectivity index (χ3v) is 2.31. The van der Waals surface area contributed by atoms with Gasteiger partial charge in [0, 0.05) is 17.1 Å². The fourth-order valence-corrected chi connectivity index (χ4v) is 1.46. The summed E-state index contributed by atoms with van der Waals surface area (Å²) in [6, 6.07) is 28.7. The van der Waals surface area contributed by atoms with Crippen molar-refractivity contribution in [3.63, 3.8) is 0 Å². The summed E-state index contributed by atoms with van der Waals surface area (Å²) in [4.78, 5) is 11.7. The monoisotopic (exact) mass is 286 g/mol. The van der Waals surface area contributed by atoms with Crippen molar-refractivity contribution >= 4 is 5.78 Å². The van der Waals surface area contributed by atoms with Gasteiger partial charge in [-0.1, -0.05) is 41.5 Å². The van der Waals surface area contributed by atoms with Crippen molar-refractivity contribution in [3.05, 3.63) is 96.1 Å². The van der Waals surface area contributed by atoms with Crippen molar-refractivity contribution in [2.24, 2.45) is 0 Å². The van der Waals surface area contributed by atoms with Gasteiger partial charge in [-0.25, -0.2) is 0 Å². The first-order valence-electron chi connectivity index (χ1n) is 5.52. The largest absolute Gasteiger partial charge is 0.999 e. The van der Waals surface area contributed by atoms with Crippen LogP contribution in [0.2, 0.25) is 0 Å². The molecule has 0 saturated carbocycles. The molecule has 0 fully saturated rings. The molecular formula is C17H10FeO-6. The molecule has 0 saturated heterocycles. The summed E-state index contributed by atoms with van der Waals surface area (Å²) in [5.41, 5.74) is 1.50. The molecule has 0 bridgehead atoms. The fraction of sp³-hybridized carbons (Fsp3) is 0. The van der Waals surface area contributed by atoms with Crippen molar-refractivity contribution in [2.45, 2.75) is 0 Å². The minimum absolute atomic E-state index is 0. The van der Waals surface area contributed by atoms with Gasteiger partial charge in [0.25, 0.3) is 0 Å². The number of ketones is 1. The zero-order valence-electron chi connectivity index (χ0n) is 10.0. The summed E-state index contributed by atoms with van der Waals surface area (Å²) in [6.07, 6.45) is 0. The smallest absolute Gasteiger partial charge is 0.112 e. The van der Waals surface area contributed by atoms with Crippen LogP contribution in [-0.2, 0) is 17.1 Å². The number of hydrogen-bond acceptors (Lipinski definition) is 1. The SMILES string of the molecule is O=C(c1ccccc1)[c-]1cccc1.[Fe].[c-]1[c-][c-][cH-][c-]1. The van der Waals surface area contributed by atoms with Crippen LogP contribution in [0.15, 0.2) is 60.7 Å². The Bertz CT molecular complexity index is 533. The molecule has 98 valence electrons. The first-order valence-corrected chi connectivity index (χ1v) is 5.52. The Kier molecular flexibility index (Phi) is 6.59. The first-order chi connectivity index (χ1) is 8.88. The van der Waals surface area contributed by atoms with Crippen molar-refractivity contribution in [3.8, 4) is 0 Å². The molecule has 0 aliphatic heterocycles. The molecule has 1 nitrogen and oxygen atoms in total. The Morgan fingerprint density at radius 1 is 0.947 bits per heavy atom. The van der Waals surface area contributed by atoms with Crippen molar-refractivity contribution in [1.29, 1.82) is 0 Å². The van der Waals surface area contributed by atoms with Crippen molar-refractivity contribution in [2.75, 3.05) is 0 Å². The number of carbonyl (C=O) groups is 1. The van der Waals surface area contributed by atoms with E-state index < -0.39 is 0 Å². The third kappa shape index (κ3) is 4.70. The van der Waals surface area contributed by atoms with Gasteiger partial charge in [0.1, 0.15) is 5.78 Å². The maximum atomic E-state index is 11.7. The van der Waals surface area contributed by atoms with E-state index in [2.05, 4.69) is 24.3 Å². The van der Waals surface area contributed by atoms with Crippen LogP contribution < -0.4 is 0 Å². The van der Waals surface area contributed by atoms with Gasteiger partial charge in [-0.3, -0.25) is 0 Å². The Hall–Kier alpha value is -1.89. The number of rotatable bonds is 2. The molecule has 0 atom stereocenters. The van der Waals surface area contributed by atoms with Gasteiger partial charge >= 0.3 is 0 Å². The standard InChI is InChI=1S/C12H9O.C5H.Fe/c13-12(11-8-4-5-9-11)10-6-2-1-3-7-10;1-2-4-5-3-1;/h1-9H;1H;/q-1;-5;. The van der Waals surface area contributed by atoms with E-state index in [0.717, 1.165) is 11.1 Å². The average Bonchev–Trinajstić information content (AvgIpc) is 3.14. The first kappa shape index (κ1) is 15.2. The van der Waals surface area contributed by atoms with E-state index in [4.69, 9.17) is 0 Å². The van der Waals surface area contributed by atoms with Crippen LogP contribution in [0.3, 0.4) is 0 Å². The van der Waals surface area contributed by atoms with E-state index in [1.165, 1.54) is 0 Å². The molecule has 0 aliphatic rings. The second-order valence-corrected chi connectivity index (χ2v) is 3.55. The molecule has 0 aliphatic carbocycles. The summed E-state index contributed by atoms with van der Waals surface area (Å²) in [5, 5.41) is 0. The van der Waals surface area contributed by atoms with Gasteiger partial charge in [0.15, 0.2) is 0 Å². The van der Waals surface area contributed by atoms with E-state index in [0.29, 0.717) is 0 Å². The van der Waals surface area contributed by atoms with Crippen LogP contribution in [0.1, 0.15) is 15.9 Å². The topological polar surface area (TPSA) is 17.1 Å². The quantitative estimate of drug-likeness (QED) is 0.401. The summed E-state index contributed by atoms with van der Waals surface area (Å²) < 4.78 is 0. The maximum Gasteiger partial charge on any atom is 0.112 e. The molecule has 3 aromatic rings. The van der Waals surface area contributed by atoms with Gasteiger partial charge in [0.05, 0.1) is 0 Å². The average molecular weight is 286 g/mol. The van der Waals surface area contributed by atoms with Crippen molar-refractivity contribution in [1.82, 2.24) is 0 Å². The molecule has 0 unspecified atom stereocenters. The number of hydrogen-bond donors (Lipinski definition) is 0. The Labute approximate surface area is 124 Å². The van der Waals surface area contributed by atoms with Gasteiger partial charge in [0.2, 0.25) is 0 Å². The summed E-state index contributed by atoms with van der Waals surface area (Å²) >= 11 is 0. The van der Waals surface area contributed by atoms with Crippen LogP contribution in [0.4, 0.5) is 0 Å². The summed E-state index contributed by atoms with van der Waals surface area (Å²) in [7, 11) is 0. The fourth-order valence-electron chi connectivity index (χ4n) is 1.46. The second-order valence-electron chi connectivity index (χ2n) is 3.55. The van der Waals surface area contributed by atoms with Crippen LogP contribution in [0.25, 0.3) is 0 Å². The zero-order chi connectivity index (χ0) is 12.6. The minimum atomic E-state index is 0. The van der Waals surface area contributed by atoms with Gasteiger partial charge < -0.3 is 35.1 Å². The van der Waals surface area contributed by atoms with Crippen LogP contribution in [-0.4, -0.2) is 5.78 Å². The molecule has 0 N–H and O–H groups in total. The van der Waals surface area contributed by atoms with Crippen LogP contribution in [0, 0.1) is 24.3 Å². The molecule has 2 heteroatoms. The van der Waals surface area contributed by atoms with Gasteiger partial charge in [-0.05, 0) is 0 Å². The van der Waals surface area contributed by atoms with Gasteiger partial charge in [-0.2, -0.15) is 12.1 Å². The number of carbonyl (C=O) groups excluding carboxylic acids is 1. The molecule has 0 amide bonds. The third-order valence-electron chi connectivity index (χ3n) is 2.31. The van der Waals surface area contributed by atoms with Gasteiger partial charge in [-0.15, -0.1) is 12.1 Å². The normalized spacial score (nSPS) is 8.84. The molecule has 0 spiro atoms. The Balaban J connectivity index is 0.000000256. The van der Waals surface area contributed by atoms with Crippen LogP contribution in [0.5, 0.6) is 0 Å². The summed E-state index contributed by atoms with van der Waals surface area (Å²) in [5.74, 6) is 0.0885. The van der Waals surface area contributed by atoms with E-state index >= 15 is 0 Å². The predicted molar refractivity (Wildman–Crippen MR) is 69.3 cm³/mol. The molecule has 3 aromatic carbocycles. The maximum absolute atomic E-state index is 11.7. The molecular weight excluding hydrogens is 276 g/mol. The molecule has 0 heterocycles. The van der Waals surface area contributed by atoms with Crippen molar-refractivity contribution < 1.29 is 21.9 Å². The van der Waals surface area contributed by atoms with E-state index in [1.54, 1.807) is 6.07 Å². The summed E-state index contributed by atoms with van der Waals surface area (Å²) in [6.45, 7) is 0. The molecule has 0 aromatic heterocycles. The molecule has 19 heavy (non-hydrogen) atoms. The molecule has 0 radical (unpaired) electrons. The predicted octanol–water partition coefficient (Wildman–Crippen LogP) is 3.24. The zero-order valence-corrected chi connectivity index (χ0v) is 11.1. The second kappa shape index (κ2) is 8.25. The Morgan fingerprint density at radius 2 is 1.53 bits per heavy atom. The van der Waals surface area contributed by atoms with E-state index in [1.807, 2.05) is 54.6 Å². The van der Waals surface area contributed by atoms with Crippen LogP contribution >= 0.6 is 0 Å². The Morgan fingerprint density at radius 3 is 2.00 bits per heavy atom. The van der Waals surface area contributed by atoms with E-state index in [9.17, 15) is 4.79 Å².